The van der Waals surface area contributed by atoms with E-state index in [1.807, 2.05) is 24.3 Å². The number of nitrogens with zero attached hydrogens (tertiary/aromatic N) is 5. The number of nitrogens with one attached hydrogen (secondary N) is 4. The van der Waals surface area contributed by atoms with Gasteiger partial charge in [0.05, 0.1) is 58.6 Å². The van der Waals surface area contributed by atoms with E-state index < -0.39 is 0 Å². The summed E-state index contributed by atoms with van der Waals surface area (Å²) in [5.41, 5.74) is 8.38. The van der Waals surface area contributed by atoms with Crippen LogP contribution in [0.15, 0.2) is 48.5 Å². The van der Waals surface area contributed by atoms with Gasteiger partial charge in [-0.25, -0.2) is 9.97 Å². The van der Waals surface area contributed by atoms with Gasteiger partial charge in [0, 0.05) is 72.2 Å². The monoisotopic (exact) mass is 893 g/mol. The fraction of sp³-hybridized carbons (Fsp3) is 0.578. The maximum absolute atomic E-state index is 13.6. The van der Waals surface area contributed by atoms with Crippen LogP contribution in [0, 0.1) is 0 Å². The highest BCUT2D eigenvalue weighted by atomic mass is 35.5. The first-order valence-electron chi connectivity index (χ1n) is 22.4. The molecular weight excluding hydrogens is 828 g/mol. The molecule has 2 aromatic carbocycles. The van der Waals surface area contributed by atoms with Crippen molar-refractivity contribution in [1.82, 2.24) is 35.7 Å². The number of carbonyl (C=O) groups is 3. The lowest BCUT2D eigenvalue weighted by Gasteiger charge is -2.45. The minimum Gasteiger partial charge on any atom is -0.484 e. The molecule has 3 amide bonds. The summed E-state index contributed by atoms with van der Waals surface area (Å²) in [5, 5.41) is 12.0. The second-order valence-electron chi connectivity index (χ2n) is 16.5. The van der Waals surface area contributed by atoms with Gasteiger partial charge in [-0.15, -0.1) is 0 Å². The first kappa shape index (κ1) is 47.7. The van der Waals surface area contributed by atoms with Gasteiger partial charge in [0.15, 0.2) is 35.7 Å². The summed E-state index contributed by atoms with van der Waals surface area (Å²) in [5.74, 6) is 1.06. The minimum absolute atomic E-state index is 0.00618. The second-order valence-corrected chi connectivity index (χ2v) is 16.9. The van der Waals surface area contributed by atoms with E-state index in [1.54, 1.807) is 7.05 Å². The van der Waals surface area contributed by atoms with Crippen molar-refractivity contribution < 1.29 is 37.8 Å². The largest absolute Gasteiger partial charge is 0.484 e. The minimum atomic E-state index is -0.334. The van der Waals surface area contributed by atoms with Gasteiger partial charge in [-0.05, 0) is 61.1 Å². The van der Waals surface area contributed by atoms with Crippen LogP contribution in [0.3, 0.4) is 0 Å². The van der Waals surface area contributed by atoms with Gasteiger partial charge in [-0.2, -0.15) is 0 Å². The van der Waals surface area contributed by atoms with E-state index in [0.717, 1.165) is 135 Å². The molecule has 0 radical (unpaired) electrons. The zero-order chi connectivity index (χ0) is 44.3. The first-order valence-corrected chi connectivity index (χ1v) is 22.8. The SMILES string of the molecule is CNc1nc(N)c(Cl)nc1C(=O)NC1CCC[N+](CCCc2ccc(OCC(=O)NCCN3CCOCC3)cc2)(CCCc2ccc(OCC(=O)NCCN3CCOCC3)cc2)C1. The van der Waals surface area contributed by atoms with Gasteiger partial charge in [0.2, 0.25) is 0 Å². The standard InChI is InChI=1S/C45H65ClN10O7/c1-48-44-41(52-42(46)43(47)53-44)45(59)51-36-7-4-26-56(31-36,24-2-5-34-8-12-37(13-9-34)62-32-39(57)49-16-18-54-20-27-60-28-21-54)25-3-6-35-10-14-38(15-11-35)63-33-40(58)50-17-19-55-22-29-61-30-23-55/h8-15,36H,2-7,16-33H2,1H3,(H5-,47,48,49,50,51,53,57,58,59)/p+1. The lowest BCUT2D eigenvalue weighted by Crippen LogP contribution is -2.60. The number of halogens is 1. The van der Waals surface area contributed by atoms with E-state index >= 15 is 0 Å². The molecule has 0 bridgehead atoms. The normalized spacial score (nSPS) is 18.0. The quantitative estimate of drug-likeness (QED) is 0.0873. The number of carbonyl (C=O) groups excluding carboxylic acids is 3. The predicted molar refractivity (Wildman–Crippen MR) is 242 cm³/mol. The van der Waals surface area contributed by atoms with Crippen LogP contribution in [0.4, 0.5) is 11.6 Å². The van der Waals surface area contributed by atoms with Gasteiger partial charge < -0.3 is 50.4 Å². The molecule has 4 heterocycles. The Balaban J connectivity index is 0.989. The van der Waals surface area contributed by atoms with Crippen molar-refractivity contribution in [3.63, 3.8) is 0 Å². The van der Waals surface area contributed by atoms with Crippen molar-refractivity contribution in [2.24, 2.45) is 0 Å². The molecule has 1 aromatic heterocycles. The summed E-state index contributed by atoms with van der Waals surface area (Å²) in [6.07, 6.45) is 5.52. The number of amides is 3. The summed E-state index contributed by atoms with van der Waals surface area (Å²) in [7, 11) is 1.67. The fourth-order valence-corrected chi connectivity index (χ4v) is 8.60. The molecule has 0 spiro atoms. The van der Waals surface area contributed by atoms with Gasteiger partial charge in [-0.1, -0.05) is 35.9 Å². The molecule has 6 N–H and O–H groups in total. The third-order valence-corrected chi connectivity index (χ3v) is 12.2. The number of rotatable bonds is 23. The van der Waals surface area contributed by atoms with Crippen molar-refractivity contribution in [2.45, 2.75) is 44.6 Å². The van der Waals surface area contributed by atoms with Crippen LogP contribution >= 0.6 is 11.6 Å². The molecule has 344 valence electrons. The Labute approximate surface area is 376 Å². The number of likely N-dealkylation sites (tertiary alicyclic amines) is 1. The van der Waals surface area contributed by atoms with Crippen molar-refractivity contribution in [1.29, 1.82) is 0 Å². The van der Waals surface area contributed by atoms with Crippen molar-refractivity contribution >= 4 is 41.0 Å². The van der Waals surface area contributed by atoms with Crippen molar-refractivity contribution in [3.8, 4) is 11.5 Å². The van der Waals surface area contributed by atoms with E-state index in [-0.39, 0.29) is 59.5 Å². The summed E-state index contributed by atoms with van der Waals surface area (Å²) < 4.78 is 23.2. The van der Waals surface area contributed by atoms with Crippen LogP contribution in [0.5, 0.6) is 11.5 Å². The number of ether oxygens (including phenoxy) is 4. The van der Waals surface area contributed by atoms with Crippen LogP contribution in [0.25, 0.3) is 0 Å². The number of benzene rings is 2. The Hall–Kier alpha value is -4.78. The van der Waals surface area contributed by atoms with Crippen LogP contribution in [0.2, 0.25) is 5.15 Å². The number of nitrogens with two attached hydrogens (primary N) is 1. The molecule has 0 saturated carbocycles. The zero-order valence-corrected chi connectivity index (χ0v) is 37.5. The van der Waals surface area contributed by atoms with Gasteiger partial charge in [0.1, 0.15) is 11.5 Å². The van der Waals surface area contributed by atoms with E-state index in [4.69, 9.17) is 36.3 Å². The Morgan fingerprint density at radius 1 is 0.794 bits per heavy atom. The van der Waals surface area contributed by atoms with E-state index in [1.165, 1.54) is 11.1 Å². The van der Waals surface area contributed by atoms with E-state index in [2.05, 4.69) is 65.3 Å². The van der Waals surface area contributed by atoms with Crippen molar-refractivity contribution in [3.05, 3.63) is 70.5 Å². The molecule has 6 rings (SSSR count). The number of aromatic nitrogens is 2. The molecule has 1 unspecified atom stereocenters. The van der Waals surface area contributed by atoms with Gasteiger partial charge >= 0.3 is 0 Å². The Morgan fingerprint density at radius 3 is 1.79 bits per heavy atom. The molecule has 0 aliphatic carbocycles. The molecule has 18 heteroatoms. The molecule has 17 nitrogen and oxygen atoms in total. The number of hydrogen-bond acceptors (Lipinski definition) is 13. The zero-order valence-electron chi connectivity index (χ0n) is 36.7. The molecule has 3 aliphatic heterocycles. The summed E-state index contributed by atoms with van der Waals surface area (Å²) in [4.78, 5) is 51.4. The third-order valence-electron chi connectivity index (χ3n) is 11.9. The molecule has 3 fully saturated rings. The number of piperidine rings is 1. The van der Waals surface area contributed by atoms with E-state index in [9.17, 15) is 14.4 Å². The molecule has 3 aromatic rings. The lowest BCUT2D eigenvalue weighted by molar-refractivity contribution is -0.933. The average Bonchev–Trinajstić information content (AvgIpc) is 3.30. The molecule has 63 heavy (non-hydrogen) atoms. The maximum Gasteiger partial charge on any atom is 0.274 e. The molecular formula is C45H66ClN10O7+. The Morgan fingerprint density at radius 2 is 1.30 bits per heavy atom. The van der Waals surface area contributed by atoms with Crippen molar-refractivity contribution in [2.75, 3.05) is 136 Å². The van der Waals surface area contributed by atoms with Crippen LogP contribution in [0.1, 0.15) is 47.3 Å². The average molecular weight is 895 g/mol. The topological polar surface area (TPSA) is 195 Å². The molecule has 3 saturated heterocycles. The number of morpholine rings is 2. The Bertz CT molecular complexity index is 1810. The predicted octanol–water partition coefficient (Wildman–Crippen LogP) is 2.38. The number of quaternary nitrogens is 1. The second kappa shape index (κ2) is 24.9. The molecule has 1 atom stereocenters. The number of nitrogen functional groups attached to an aromatic ring is 1. The van der Waals surface area contributed by atoms with E-state index in [0.29, 0.717) is 24.6 Å². The highest BCUT2D eigenvalue weighted by molar-refractivity contribution is 6.31. The van der Waals surface area contributed by atoms with Crippen LogP contribution in [-0.4, -0.2) is 173 Å². The highest BCUT2D eigenvalue weighted by Crippen LogP contribution is 2.25. The third kappa shape index (κ3) is 15.8. The molecule has 3 aliphatic rings. The Kier molecular flexibility index (Phi) is 18.9. The first-order chi connectivity index (χ1) is 30.7. The fourth-order valence-electron chi connectivity index (χ4n) is 8.47. The maximum atomic E-state index is 13.6. The highest BCUT2D eigenvalue weighted by Gasteiger charge is 2.36. The summed E-state index contributed by atoms with van der Waals surface area (Å²) in [6, 6.07) is 15.9. The van der Waals surface area contributed by atoms with Crippen LogP contribution < -0.4 is 36.5 Å². The number of aryl methyl sites for hydroxylation is 2. The number of hydrogen-bond donors (Lipinski definition) is 5. The summed E-state index contributed by atoms with van der Waals surface area (Å²) in [6.45, 7) is 12.9. The van der Waals surface area contributed by atoms with Gasteiger partial charge in [-0.3, -0.25) is 24.2 Å². The summed E-state index contributed by atoms with van der Waals surface area (Å²) >= 11 is 6.18. The lowest BCUT2D eigenvalue weighted by atomic mass is 9.99. The number of anilines is 2. The van der Waals surface area contributed by atoms with Gasteiger partial charge in [0.25, 0.3) is 17.7 Å². The van der Waals surface area contributed by atoms with Crippen LogP contribution in [-0.2, 0) is 31.9 Å². The smallest absolute Gasteiger partial charge is 0.274 e.